The van der Waals surface area contributed by atoms with Crippen molar-refractivity contribution in [2.75, 3.05) is 13.1 Å². The average molecular weight is 427 g/mol. The minimum atomic E-state index is -0.304. The van der Waals surface area contributed by atoms with Crippen LogP contribution < -0.4 is 10.1 Å². The number of piperidine rings is 1. The molecular formula is C25H31ClN2O2. The van der Waals surface area contributed by atoms with Gasteiger partial charge in [0.1, 0.15) is 11.4 Å². The van der Waals surface area contributed by atoms with Gasteiger partial charge < -0.3 is 10.1 Å². The van der Waals surface area contributed by atoms with Crippen molar-refractivity contribution in [3.8, 4) is 5.75 Å². The van der Waals surface area contributed by atoms with Crippen molar-refractivity contribution in [1.29, 1.82) is 0 Å². The second-order valence-corrected chi connectivity index (χ2v) is 9.74. The summed E-state index contributed by atoms with van der Waals surface area (Å²) >= 11 is 6.34. The molecule has 1 N–H and O–H groups in total. The maximum Gasteiger partial charge on any atom is 0.224 e. The predicted molar refractivity (Wildman–Crippen MR) is 121 cm³/mol. The van der Waals surface area contributed by atoms with E-state index in [1.54, 1.807) is 0 Å². The van der Waals surface area contributed by atoms with E-state index in [2.05, 4.69) is 55.3 Å². The summed E-state index contributed by atoms with van der Waals surface area (Å²) in [5.74, 6) is 1.04. The Hall–Kier alpha value is -2.04. The van der Waals surface area contributed by atoms with E-state index in [0.717, 1.165) is 60.8 Å². The van der Waals surface area contributed by atoms with E-state index < -0.39 is 0 Å². The molecule has 2 aliphatic heterocycles. The second kappa shape index (κ2) is 8.60. The van der Waals surface area contributed by atoms with Gasteiger partial charge >= 0.3 is 0 Å². The molecule has 5 heteroatoms. The Labute approximate surface area is 184 Å². The summed E-state index contributed by atoms with van der Waals surface area (Å²) < 4.78 is 6.18. The van der Waals surface area contributed by atoms with Crippen LogP contribution >= 0.6 is 11.6 Å². The molecule has 2 aromatic rings. The molecule has 0 radical (unpaired) electrons. The van der Waals surface area contributed by atoms with Crippen LogP contribution in [-0.2, 0) is 11.3 Å². The molecule has 2 unspecified atom stereocenters. The molecule has 2 heterocycles. The van der Waals surface area contributed by atoms with E-state index >= 15 is 0 Å². The SMILES string of the molecule is Cc1ccc2c(c1)OC(C)(C)CC2NC(=O)C1CCCN(Cc2ccccc2Cl)C1. The lowest BCUT2D eigenvalue weighted by atomic mass is 9.88. The van der Waals surface area contributed by atoms with E-state index in [-0.39, 0.29) is 23.5 Å². The first-order chi connectivity index (χ1) is 14.3. The van der Waals surface area contributed by atoms with Gasteiger partial charge in [0.05, 0.1) is 12.0 Å². The zero-order valence-electron chi connectivity index (χ0n) is 18.1. The lowest BCUT2D eigenvalue weighted by molar-refractivity contribution is -0.128. The van der Waals surface area contributed by atoms with Gasteiger partial charge in [-0.3, -0.25) is 9.69 Å². The number of nitrogens with one attached hydrogen (secondary N) is 1. The molecule has 160 valence electrons. The summed E-state index contributed by atoms with van der Waals surface area (Å²) in [6.07, 6.45) is 2.72. The van der Waals surface area contributed by atoms with Crippen LogP contribution in [0.1, 0.15) is 55.8 Å². The van der Waals surface area contributed by atoms with Crippen LogP contribution in [0.4, 0.5) is 0 Å². The fourth-order valence-corrected chi connectivity index (χ4v) is 4.85. The molecule has 0 aromatic heterocycles. The monoisotopic (exact) mass is 426 g/mol. The number of rotatable bonds is 4. The van der Waals surface area contributed by atoms with Crippen molar-refractivity contribution >= 4 is 17.5 Å². The van der Waals surface area contributed by atoms with Crippen LogP contribution in [0.5, 0.6) is 5.75 Å². The number of halogens is 1. The summed E-state index contributed by atoms with van der Waals surface area (Å²) in [6.45, 7) is 8.79. The molecule has 4 nitrogen and oxygen atoms in total. The number of carbonyl (C=O) groups is 1. The number of fused-ring (bicyclic) bond motifs is 1. The van der Waals surface area contributed by atoms with Gasteiger partial charge in [-0.15, -0.1) is 0 Å². The van der Waals surface area contributed by atoms with E-state index in [9.17, 15) is 4.79 Å². The number of nitrogens with zero attached hydrogens (tertiary/aromatic N) is 1. The zero-order chi connectivity index (χ0) is 21.3. The molecule has 0 spiro atoms. The summed E-state index contributed by atoms with van der Waals surface area (Å²) in [7, 11) is 0. The van der Waals surface area contributed by atoms with Crippen molar-refractivity contribution in [2.24, 2.45) is 5.92 Å². The summed E-state index contributed by atoms with van der Waals surface area (Å²) in [4.78, 5) is 15.6. The largest absolute Gasteiger partial charge is 0.487 e. The number of ether oxygens (including phenoxy) is 1. The number of aryl methyl sites for hydroxylation is 1. The highest BCUT2D eigenvalue weighted by Crippen LogP contribution is 2.40. The van der Waals surface area contributed by atoms with Crippen LogP contribution in [0.3, 0.4) is 0 Å². The fraction of sp³-hybridized carbons (Fsp3) is 0.480. The average Bonchev–Trinajstić information content (AvgIpc) is 2.69. The molecule has 1 fully saturated rings. The van der Waals surface area contributed by atoms with Crippen molar-refractivity contribution in [3.05, 3.63) is 64.2 Å². The highest BCUT2D eigenvalue weighted by atomic mass is 35.5. The number of benzene rings is 2. The van der Waals surface area contributed by atoms with E-state index in [1.165, 1.54) is 5.56 Å². The smallest absolute Gasteiger partial charge is 0.224 e. The molecule has 4 rings (SSSR count). The summed E-state index contributed by atoms with van der Waals surface area (Å²) in [6, 6.07) is 14.2. The number of hydrogen-bond donors (Lipinski definition) is 1. The summed E-state index contributed by atoms with van der Waals surface area (Å²) in [5, 5.41) is 4.14. The number of amides is 1. The number of carbonyl (C=O) groups excluding carboxylic acids is 1. The van der Waals surface area contributed by atoms with Crippen molar-refractivity contribution < 1.29 is 9.53 Å². The third-order valence-corrected chi connectivity index (χ3v) is 6.54. The van der Waals surface area contributed by atoms with E-state index in [1.807, 2.05) is 18.2 Å². The first-order valence-electron chi connectivity index (χ1n) is 10.9. The van der Waals surface area contributed by atoms with Crippen LogP contribution in [0.15, 0.2) is 42.5 Å². The highest BCUT2D eigenvalue weighted by molar-refractivity contribution is 6.31. The Balaban J connectivity index is 1.44. The fourth-order valence-electron chi connectivity index (χ4n) is 4.66. The predicted octanol–water partition coefficient (Wildman–Crippen LogP) is 5.28. The normalized spacial score (nSPS) is 23.3. The third kappa shape index (κ3) is 4.81. The van der Waals surface area contributed by atoms with Gasteiger partial charge in [0.2, 0.25) is 5.91 Å². The molecule has 2 aromatic carbocycles. The molecule has 1 saturated heterocycles. The van der Waals surface area contributed by atoms with Gasteiger partial charge in [-0.25, -0.2) is 0 Å². The molecular weight excluding hydrogens is 396 g/mol. The molecule has 2 atom stereocenters. The van der Waals surface area contributed by atoms with Crippen molar-refractivity contribution in [2.45, 2.75) is 58.2 Å². The molecule has 1 amide bonds. The Bertz CT molecular complexity index is 927. The first kappa shape index (κ1) is 21.2. The zero-order valence-corrected chi connectivity index (χ0v) is 18.8. The van der Waals surface area contributed by atoms with Crippen molar-refractivity contribution in [3.63, 3.8) is 0 Å². The third-order valence-electron chi connectivity index (χ3n) is 6.17. The molecule has 0 bridgehead atoms. The Morgan fingerprint density at radius 3 is 2.87 bits per heavy atom. The minimum Gasteiger partial charge on any atom is -0.487 e. The van der Waals surface area contributed by atoms with Crippen LogP contribution in [-0.4, -0.2) is 29.5 Å². The second-order valence-electron chi connectivity index (χ2n) is 9.33. The lowest BCUT2D eigenvalue weighted by Gasteiger charge is -2.39. The quantitative estimate of drug-likeness (QED) is 0.723. The standard InChI is InChI=1S/C25H31ClN2O2/c1-17-10-11-20-22(14-25(2,3)30-23(20)13-17)27-24(29)19-8-6-12-28(16-19)15-18-7-4-5-9-21(18)26/h4-5,7,9-11,13,19,22H,6,8,12,14-16H2,1-3H3,(H,27,29). The van der Waals surface area contributed by atoms with Crippen LogP contribution in [0.25, 0.3) is 0 Å². The van der Waals surface area contributed by atoms with Gasteiger partial charge in [0.15, 0.2) is 0 Å². The molecule has 0 aliphatic carbocycles. The van der Waals surface area contributed by atoms with Gasteiger partial charge in [-0.1, -0.05) is 41.9 Å². The van der Waals surface area contributed by atoms with Gasteiger partial charge in [0, 0.05) is 30.1 Å². The van der Waals surface area contributed by atoms with Crippen molar-refractivity contribution in [1.82, 2.24) is 10.2 Å². The highest BCUT2D eigenvalue weighted by Gasteiger charge is 2.36. The Kier molecular flexibility index (Phi) is 6.08. The number of likely N-dealkylation sites (tertiary alicyclic amines) is 1. The van der Waals surface area contributed by atoms with E-state index in [4.69, 9.17) is 16.3 Å². The van der Waals surface area contributed by atoms with E-state index in [0.29, 0.717) is 0 Å². The Morgan fingerprint density at radius 2 is 2.07 bits per heavy atom. The van der Waals surface area contributed by atoms with Gasteiger partial charge in [-0.2, -0.15) is 0 Å². The lowest BCUT2D eigenvalue weighted by Crippen LogP contribution is -2.46. The first-order valence-corrected chi connectivity index (χ1v) is 11.2. The van der Waals surface area contributed by atoms with Gasteiger partial charge in [0.25, 0.3) is 0 Å². The summed E-state index contributed by atoms with van der Waals surface area (Å²) in [5.41, 5.74) is 3.06. The number of hydrogen-bond acceptors (Lipinski definition) is 3. The molecule has 0 saturated carbocycles. The minimum absolute atomic E-state index is 0.00101. The molecule has 2 aliphatic rings. The topological polar surface area (TPSA) is 41.6 Å². The van der Waals surface area contributed by atoms with Gasteiger partial charge in [-0.05, 0) is 63.4 Å². The van der Waals surface area contributed by atoms with Crippen LogP contribution in [0.2, 0.25) is 5.02 Å². The molecule has 30 heavy (non-hydrogen) atoms. The maximum atomic E-state index is 13.2. The Morgan fingerprint density at radius 1 is 1.27 bits per heavy atom. The maximum absolute atomic E-state index is 13.2. The van der Waals surface area contributed by atoms with Crippen LogP contribution in [0, 0.1) is 12.8 Å².